The maximum Gasteiger partial charge on any atom is 0.257 e. The number of carbonyl (C=O) groups excluding carboxylic acids is 1. The Bertz CT molecular complexity index is 1070. The maximum absolute atomic E-state index is 14.3. The summed E-state index contributed by atoms with van der Waals surface area (Å²) in [6.07, 6.45) is 1.30. The van der Waals surface area contributed by atoms with E-state index in [-0.39, 0.29) is 24.0 Å². The van der Waals surface area contributed by atoms with Gasteiger partial charge in [0, 0.05) is 26.2 Å². The summed E-state index contributed by atoms with van der Waals surface area (Å²) >= 11 is 0. The molecule has 1 aliphatic rings. The minimum absolute atomic E-state index is 0.0212. The molecule has 33 heavy (non-hydrogen) atoms. The van der Waals surface area contributed by atoms with Gasteiger partial charge >= 0.3 is 0 Å². The second kappa shape index (κ2) is 10.5. The summed E-state index contributed by atoms with van der Waals surface area (Å²) in [4.78, 5) is 17.0. The lowest BCUT2D eigenvalue weighted by atomic mass is 10.1. The van der Waals surface area contributed by atoms with Crippen molar-refractivity contribution in [2.75, 3.05) is 33.4 Å². The van der Waals surface area contributed by atoms with E-state index in [2.05, 4.69) is 4.90 Å². The molecule has 1 N–H and O–H groups in total. The van der Waals surface area contributed by atoms with Crippen LogP contribution < -0.4 is 4.74 Å². The van der Waals surface area contributed by atoms with Crippen molar-refractivity contribution in [3.63, 3.8) is 0 Å². The molecule has 1 atom stereocenters. The largest absolute Gasteiger partial charge is 0.504 e. The Hall–Kier alpha value is -3.36. The zero-order chi connectivity index (χ0) is 23.2. The Labute approximate surface area is 191 Å². The van der Waals surface area contributed by atoms with E-state index in [0.717, 1.165) is 12.1 Å². The van der Waals surface area contributed by atoms with Crippen LogP contribution in [0.1, 0.15) is 21.7 Å². The summed E-state index contributed by atoms with van der Waals surface area (Å²) in [5.41, 5.74) is 1.02. The Morgan fingerprint density at radius 1 is 1.24 bits per heavy atom. The van der Waals surface area contributed by atoms with E-state index in [1.165, 1.54) is 19.2 Å². The molecule has 2 heterocycles. The van der Waals surface area contributed by atoms with E-state index in [0.29, 0.717) is 37.8 Å². The second-order valence-electron chi connectivity index (χ2n) is 7.98. The molecule has 0 bridgehead atoms. The Balaban J connectivity index is 1.46. The van der Waals surface area contributed by atoms with Gasteiger partial charge in [0.05, 0.1) is 38.2 Å². The van der Waals surface area contributed by atoms with Crippen molar-refractivity contribution in [1.29, 1.82) is 0 Å². The molecule has 1 aliphatic heterocycles. The highest BCUT2D eigenvalue weighted by molar-refractivity contribution is 5.94. The highest BCUT2D eigenvalue weighted by Gasteiger charge is 2.27. The number of carbonyl (C=O) groups is 1. The third-order valence-corrected chi connectivity index (χ3v) is 5.62. The molecule has 8 heteroatoms. The fraction of sp³-hybridized carbons (Fsp3) is 0.320. The van der Waals surface area contributed by atoms with E-state index in [4.69, 9.17) is 13.9 Å². The molecule has 4 rings (SSSR count). The lowest BCUT2D eigenvalue weighted by Crippen LogP contribution is -2.48. The monoisotopic (exact) mass is 454 g/mol. The highest BCUT2D eigenvalue weighted by Crippen LogP contribution is 2.27. The van der Waals surface area contributed by atoms with Crippen LogP contribution >= 0.6 is 0 Å². The van der Waals surface area contributed by atoms with Gasteiger partial charge in [-0.1, -0.05) is 18.2 Å². The molecule has 0 saturated carbocycles. The Morgan fingerprint density at radius 2 is 2.09 bits per heavy atom. The number of furan rings is 1. The van der Waals surface area contributed by atoms with Crippen LogP contribution in [0.25, 0.3) is 0 Å². The average Bonchev–Trinajstić information content (AvgIpc) is 3.33. The number of morpholine rings is 1. The van der Waals surface area contributed by atoms with Gasteiger partial charge in [0.15, 0.2) is 11.5 Å². The molecule has 0 radical (unpaired) electrons. The second-order valence-corrected chi connectivity index (χ2v) is 7.98. The number of amides is 1. The number of aromatic hydroxyl groups is 1. The van der Waals surface area contributed by atoms with Crippen molar-refractivity contribution >= 4 is 5.91 Å². The first-order valence-corrected chi connectivity index (χ1v) is 10.8. The van der Waals surface area contributed by atoms with Crippen LogP contribution in [0.3, 0.4) is 0 Å². The van der Waals surface area contributed by atoms with Gasteiger partial charge in [0.25, 0.3) is 5.91 Å². The SMILES string of the molecule is COc1cc(CN2CCOC(CN(Cc3ccco3)C(=O)c3ccccc3F)C2)ccc1O. The molecule has 1 fully saturated rings. The number of phenolic OH excluding ortho intramolecular Hbond substituents is 1. The first kappa shape index (κ1) is 22.8. The van der Waals surface area contributed by atoms with Gasteiger partial charge in [-0.15, -0.1) is 0 Å². The predicted octanol–water partition coefficient (Wildman–Crippen LogP) is 3.68. The maximum atomic E-state index is 14.3. The first-order chi connectivity index (χ1) is 16.0. The third-order valence-electron chi connectivity index (χ3n) is 5.62. The Morgan fingerprint density at radius 3 is 2.85 bits per heavy atom. The fourth-order valence-corrected chi connectivity index (χ4v) is 3.97. The van der Waals surface area contributed by atoms with E-state index < -0.39 is 11.7 Å². The molecule has 1 unspecified atom stereocenters. The van der Waals surface area contributed by atoms with Gasteiger partial charge in [0.1, 0.15) is 11.6 Å². The van der Waals surface area contributed by atoms with Crippen LogP contribution in [0.2, 0.25) is 0 Å². The van der Waals surface area contributed by atoms with E-state index in [1.54, 1.807) is 41.5 Å². The van der Waals surface area contributed by atoms with Crippen LogP contribution in [-0.2, 0) is 17.8 Å². The standard InChI is InChI=1S/C25H27FN2O5/c1-31-24-13-18(8-9-23(24)29)14-27-10-12-33-20(15-27)17-28(16-19-5-4-11-32-19)25(30)21-6-2-3-7-22(21)26/h2-9,11,13,20,29H,10,12,14-17H2,1H3. The summed E-state index contributed by atoms with van der Waals surface area (Å²) in [5.74, 6) is 0.176. The summed E-state index contributed by atoms with van der Waals surface area (Å²) in [5, 5.41) is 9.82. The molecule has 3 aromatic rings. The minimum atomic E-state index is -0.556. The number of nitrogens with zero attached hydrogens (tertiary/aromatic N) is 2. The van der Waals surface area contributed by atoms with Gasteiger partial charge in [0.2, 0.25) is 0 Å². The van der Waals surface area contributed by atoms with Gasteiger partial charge < -0.3 is 23.9 Å². The van der Waals surface area contributed by atoms with Crippen molar-refractivity contribution in [1.82, 2.24) is 9.80 Å². The topological polar surface area (TPSA) is 75.4 Å². The smallest absolute Gasteiger partial charge is 0.257 e. The summed E-state index contributed by atoms with van der Waals surface area (Å²) in [6, 6.07) is 14.8. The van der Waals surface area contributed by atoms with Crippen LogP contribution in [0.15, 0.2) is 65.3 Å². The highest BCUT2D eigenvalue weighted by atomic mass is 19.1. The summed E-state index contributed by atoms with van der Waals surface area (Å²) < 4.78 is 30.9. The summed E-state index contributed by atoms with van der Waals surface area (Å²) in [6.45, 7) is 3.01. The van der Waals surface area contributed by atoms with Gasteiger partial charge in [-0.05, 0) is 42.0 Å². The molecule has 1 amide bonds. The van der Waals surface area contributed by atoms with Crippen LogP contribution in [0.4, 0.5) is 4.39 Å². The molecule has 2 aromatic carbocycles. The molecule has 0 aliphatic carbocycles. The quantitative estimate of drug-likeness (QED) is 0.560. The predicted molar refractivity (Wildman–Crippen MR) is 120 cm³/mol. The van der Waals surface area contributed by atoms with Crippen molar-refractivity contribution < 1.29 is 28.2 Å². The number of benzene rings is 2. The van der Waals surface area contributed by atoms with Crippen molar-refractivity contribution in [2.45, 2.75) is 19.2 Å². The normalized spacial score (nSPS) is 16.5. The lowest BCUT2D eigenvalue weighted by molar-refractivity contribution is -0.0443. The molecule has 7 nitrogen and oxygen atoms in total. The van der Waals surface area contributed by atoms with Crippen LogP contribution in [-0.4, -0.2) is 60.3 Å². The van der Waals surface area contributed by atoms with Crippen LogP contribution in [0, 0.1) is 5.82 Å². The Kier molecular flexibility index (Phi) is 7.26. The van der Waals surface area contributed by atoms with E-state index >= 15 is 0 Å². The fourth-order valence-electron chi connectivity index (χ4n) is 3.97. The number of hydrogen-bond donors (Lipinski definition) is 1. The number of ether oxygens (including phenoxy) is 2. The van der Waals surface area contributed by atoms with Gasteiger partial charge in [-0.3, -0.25) is 9.69 Å². The molecular weight excluding hydrogens is 427 g/mol. The van der Waals surface area contributed by atoms with E-state index in [1.807, 2.05) is 12.1 Å². The van der Waals surface area contributed by atoms with Crippen molar-refractivity contribution in [3.8, 4) is 11.5 Å². The number of hydrogen-bond acceptors (Lipinski definition) is 6. The number of rotatable bonds is 8. The molecule has 174 valence electrons. The average molecular weight is 454 g/mol. The first-order valence-electron chi connectivity index (χ1n) is 10.8. The lowest BCUT2D eigenvalue weighted by Gasteiger charge is -2.35. The van der Waals surface area contributed by atoms with E-state index in [9.17, 15) is 14.3 Å². The molecule has 0 spiro atoms. The van der Waals surface area contributed by atoms with Crippen molar-refractivity contribution in [3.05, 3.63) is 83.6 Å². The zero-order valence-corrected chi connectivity index (χ0v) is 18.4. The molecule has 1 aromatic heterocycles. The molecule has 1 saturated heterocycles. The summed E-state index contributed by atoms with van der Waals surface area (Å²) in [7, 11) is 1.52. The van der Waals surface area contributed by atoms with Crippen molar-refractivity contribution in [2.24, 2.45) is 0 Å². The van der Waals surface area contributed by atoms with Crippen LogP contribution in [0.5, 0.6) is 11.5 Å². The zero-order valence-electron chi connectivity index (χ0n) is 18.4. The van der Waals surface area contributed by atoms with Gasteiger partial charge in [-0.2, -0.15) is 0 Å². The molecular formula is C25H27FN2O5. The van der Waals surface area contributed by atoms with Gasteiger partial charge in [-0.25, -0.2) is 4.39 Å². The third kappa shape index (κ3) is 5.71. The number of phenols is 1. The number of methoxy groups -OCH3 is 1. The number of halogens is 1. The minimum Gasteiger partial charge on any atom is -0.504 e.